The Labute approximate surface area is 154 Å². The molecule has 2 N–H and O–H groups in total. The van der Waals surface area contributed by atoms with E-state index in [2.05, 4.69) is 10.6 Å². The number of benzene rings is 2. The van der Waals surface area contributed by atoms with Crippen LogP contribution in [0.4, 0.5) is 5.69 Å². The number of hydrogen-bond donors (Lipinski definition) is 2. The molecule has 0 aromatic heterocycles. The smallest absolute Gasteiger partial charge is 0.330 e. The Bertz CT molecular complexity index is 767. The van der Waals surface area contributed by atoms with Crippen LogP contribution in [0.5, 0.6) is 0 Å². The van der Waals surface area contributed by atoms with Crippen LogP contribution < -0.4 is 10.6 Å². The number of carbonyl (C=O) groups excluding carboxylic acids is 2. The van der Waals surface area contributed by atoms with Gasteiger partial charge in [0.25, 0.3) is 0 Å². The summed E-state index contributed by atoms with van der Waals surface area (Å²) in [6, 6.07) is 15.4. The number of rotatable bonds is 8. The molecule has 5 heteroatoms. The normalized spacial score (nSPS) is 10.5. The molecule has 0 aliphatic carbocycles. The summed E-state index contributed by atoms with van der Waals surface area (Å²) < 4.78 is 4.83. The minimum atomic E-state index is -0.361. The van der Waals surface area contributed by atoms with Crippen LogP contribution in [-0.2, 0) is 20.9 Å². The van der Waals surface area contributed by atoms with Gasteiger partial charge in [-0.05, 0) is 48.7 Å². The number of amides is 1. The number of anilines is 1. The number of hydrogen-bond acceptors (Lipinski definition) is 4. The SMILES string of the molecule is CCOC(=O)/C=C/c1ccc(NCC(=O)NCc2ccccc2C)cc1. The molecule has 0 saturated heterocycles. The first-order valence-electron chi connectivity index (χ1n) is 8.58. The lowest BCUT2D eigenvalue weighted by Gasteiger charge is -2.09. The summed E-state index contributed by atoms with van der Waals surface area (Å²) in [6.45, 7) is 4.87. The predicted molar refractivity (Wildman–Crippen MR) is 104 cm³/mol. The van der Waals surface area contributed by atoms with E-state index in [0.29, 0.717) is 13.2 Å². The van der Waals surface area contributed by atoms with Crippen molar-refractivity contribution in [1.29, 1.82) is 0 Å². The first kappa shape index (κ1) is 19.2. The third-order valence-electron chi connectivity index (χ3n) is 3.80. The van der Waals surface area contributed by atoms with Gasteiger partial charge in [-0.15, -0.1) is 0 Å². The Balaban J connectivity index is 1.77. The van der Waals surface area contributed by atoms with Gasteiger partial charge in [0.15, 0.2) is 0 Å². The molecule has 0 saturated carbocycles. The molecule has 0 unspecified atom stereocenters. The molecule has 0 radical (unpaired) electrons. The van der Waals surface area contributed by atoms with E-state index in [9.17, 15) is 9.59 Å². The van der Waals surface area contributed by atoms with Crippen molar-refractivity contribution < 1.29 is 14.3 Å². The van der Waals surface area contributed by atoms with E-state index in [1.807, 2.05) is 55.5 Å². The van der Waals surface area contributed by atoms with Gasteiger partial charge in [0.1, 0.15) is 0 Å². The highest BCUT2D eigenvalue weighted by atomic mass is 16.5. The topological polar surface area (TPSA) is 67.4 Å². The van der Waals surface area contributed by atoms with Gasteiger partial charge >= 0.3 is 5.97 Å². The Hall–Kier alpha value is -3.08. The van der Waals surface area contributed by atoms with E-state index in [1.54, 1.807) is 13.0 Å². The Morgan fingerprint density at radius 3 is 2.50 bits per heavy atom. The van der Waals surface area contributed by atoms with E-state index in [1.165, 1.54) is 6.08 Å². The second-order valence-electron chi connectivity index (χ2n) is 5.76. The summed E-state index contributed by atoms with van der Waals surface area (Å²) in [5.74, 6) is -0.431. The van der Waals surface area contributed by atoms with Crippen LogP contribution >= 0.6 is 0 Å². The molecule has 2 aromatic rings. The van der Waals surface area contributed by atoms with Crippen molar-refractivity contribution in [3.63, 3.8) is 0 Å². The highest BCUT2D eigenvalue weighted by molar-refractivity contribution is 5.87. The lowest BCUT2D eigenvalue weighted by molar-refractivity contribution is -0.137. The Morgan fingerprint density at radius 2 is 1.81 bits per heavy atom. The van der Waals surface area contributed by atoms with Gasteiger partial charge in [0.2, 0.25) is 5.91 Å². The third-order valence-corrected chi connectivity index (χ3v) is 3.80. The van der Waals surface area contributed by atoms with Gasteiger partial charge in [-0.1, -0.05) is 36.4 Å². The zero-order valence-corrected chi connectivity index (χ0v) is 15.1. The van der Waals surface area contributed by atoms with Crippen molar-refractivity contribution in [3.05, 3.63) is 71.3 Å². The molecule has 2 aromatic carbocycles. The van der Waals surface area contributed by atoms with Crippen LogP contribution in [-0.4, -0.2) is 25.0 Å². The monoisotopic (exact) mass is 352 g/mol. The van der Waals surface area contributed by atoms with Crippen molar-refractivity contribution >= 4 is 23.6 Å². The lowest BCUT2D eigenvalue weighted by atomic mass is 10.1. The fourth-order valence-corrected chi connectivity index (χ4v) is 2.31. The van der Waals surface area contributed by atoms with E-state index in [-0.39, 0.29) is 18.4 Å². The van der Waals surface area contributed by atoms with Crippen LogP contribution in [0.1, 0.15) is 23.6 Å². The summed E-state index contributed by atoms with van der Waals surface area (Å²) in [6.07, 6.45) is 3.08. The average Bonchev–Trinajstić information content (AvgIpc) is 2.65. The molecule has 0 fully saturated rings. The number of ether oxygens (including phenoxy) is 1. The van der Waals surface area contributed by atoms with Gasteiger partial charge in [0, 0.05) is 18.3 Å². The standard InChI is InChI=1S/C21H24N2O3/c1-3-26-21(25)13-10-17-8-11-19(12-9-17)22-15-20(24)23-14-18-7-5-4-6-16(18)2/h4-13,22H,3,14-15H2,1-2H3,(H,23,24)/b13-10+. The molecule has 1 amide bonds. The van der Waals surface area contributed by atoms with Crippen molar-refractivity contribution in [2.75, 3.05) is 18.5 Å². The summed E-state index contributed by atoms with van der Waals surface area (Å²) in [5, 5.41) is 5.98. The number of aryl methyl sites for hydroxylation is 1. The molecular formula is C21H24N2O3. The zero-order chi connectivity index (χ0) is 18.8. The molecule has 0 heterocycles. The van der Waals surface area contributed by atoms with E-state index in [0.717, 1.165) is 22.4 Å². The summed E-state index contributed by atoms with van der Waals surface area (Å²) in [5.41, 5.74) is 3.99. The largest absolute Gasteiger partial charge is 0.463 e. The first-order chi connectivity index (χ1) is 12.6. The van der Waals surface area contributed by atoms with Gasteiger partial charge in [-0.3, -0.25) is 4.79 Å². The lowest BCUT2D eigenvalue weighted by Crippen LogP contribution is -2.29. The van der Waals surface area contributed by atoms with Gasteiger partial charge < -0.3 is 15.4 Å². The van der Waals surface area contributed by atoms with E-state index < -0.39 is 0 Å². The van der Waals surface area contributed by atoms with E-state index in [4.69, 9.17) is 4.74 Å². The van der Waals surface area contributed by atoms with Crippen molar-refractivity contribution in [2.45, 2.75) is 20.4 Å². The zero-order valence-electron chi connectivity index (χ0n) is 15.1. The maximum atomic E-state index is 12.0. The fourth-order valence-electron chi connectivity index (χ4n) is 2.31. The van der Waals surface area contributed by atoms with Crippen LogP contribution in [0.15, 0.2) is 54.6 Å². The molecule has 136 valence electrons. The van der Waals surface area contributed by atoms with Gasteiger partial charge in [-0.25, -0.2) is 4.79 Å². The minimum Gasteiger partial charge on any atom is -0.463 e. The number of nitrogens with one attached hydrogen (secondary N) is 2. The molecule has 0 atom stereocenters. The number of carbonyl (C=O) groups is 2. The van der Waals surface area contributed by atoms with Crippen LogP contribution in [0.3, 0.4) is 0 Å². The second kappa shape index (κ2) is 10.0. The van der Waals surface area contributed by atoms with Crippen LogP contribution in [0, 0.1) is 6.92 Å². The summed E-state index contributed by atoms with van der Waals surface area (Å²) >= 11 is 0. The Kier molecular flexibility index (Phi) is 7.43. The molecule has 26 heavy (non-hydrogen) atoms. The quantitative estimate of drug-likeness (QED) is 0.565. The maximum absolute atomic E-state index is 12.0. The summed E-state index contributed by atoms with van der Waals surface area (Å²) in [4.78, 5) is 23.3. The predicted octanol–water partition coefficient (Wildman–Crippen LogP) is 3.30. The van der Waals surface area contributed by atoms with Crippen molar-refractivity contribution in [3.8, 4) is 0 Å². The van der Waals surface area contributed by atoms with Gasteiger partial charge in [-0.2, -0.15) is 0 Å². The van der Waals surface area contributed by atoms with E-state index >= 15 is 0 Å². The van der Waals surface area contributed by atoms with Crippen LogP contribution in [0.2, 0.25) is 0 Å². The fraction of sp³-hybridized carbons (Fsp3) is 0.238. The average molecular weight is 352 g/mol. The van der Waals surface area contributed by atoms with Crippen molar-refractivity contribution in [2.24, 2.45) is 0 Å². The second-order valence-corrected chi connectivity index (χ2v) is 5.76. The maximum Gasteiger partial charge on any atom is 0.330 e. The molecule has 0 spiro atoms. The Morgan fingerprint density at radius 1 is 1.08 bits per heavy atom. The highest BCUT2D eigenvalue weighted by Crippen LogP contribution is 2.11. The molecule has 5 nitrogen and oxygen atoms in total. The van der Waals surface area contributed by atoms with Gasteiger partial charge in [0.05, 0.1) is 13.2 Å². The molecule has 2 rings (SSSR count). The molecule has 0 aliphatic rings. The molecule has 0 aliphatic heterocycles. The third kappa shape index (κ3) is 6.43. The molecule has 0 bridgehead atoms. The minimum absolute atomic E-state index is 0.0699. The van der Waals surface area contributed by atoms with Crippen molar-refractivity contribution in [1.82, 2.24) is 5.32 Å². The summed E-state index contributed by atoms with van der Waals surface area (Å²) in [7, 11) is 0. The number of esters is 1. The first-order valence-corrected chi connectivity index (χ1v) is 8.58. The van der Waals surface area contributed by atoms with Crippen LogP contribution in [0.25, 0.3) is 6.08 Å². The molecular weight excluding hydrogens is 328 g/mol. The highest BCUT2D eigenvalue weighted by Gasteiger charge is 2.03.